The van der Waals surface area contributed by atoms with Crippen LogP contribution in [0.25, 0.3) is 0 Å². The molecule has 32 heavy (non-hydrogen) atoms. The topological polar surface area (TPSA) is 84.5 Å². The van der Waals surface area contributed by atoms with E-state index in [9.17, 15) is 14.4 Å². The second kappa shape index (κ2) is 10.6. The largest absolute Gasteiger partial charge is 0.459 e. The van der Waals surface area contributed by atoms with E-state index in [1.54, 1.807) is 26.8 Å². The van der Waals surface area contributed by atoms with E-state index in [-0.39, 0.29) is 24.3 Å². The Bertz CT molecular complexity index is 956. The Morgan fingerprint density at radius 2 is 1.62 bits per heavy atom. The Balaban J connectivity index is 2.13. The standard InChI is InChI=1S/C24H31BrN2O4S/c1-23(2,3)19-12-11-18(32-19)22(30)27-17(13-15-7-9-16(25)10-8-15)21(29)26-14-20(28)31-24(4,5)6/h7-12,17H,13-14H2,1-6H3,(H,26,29)(H,27,30)/t17-/m0/s1. The van der Waals surface area contributed by atoms with Crippen LogP contribution in [-0.2, 0) is 26.2 Å². The molecule has 0 saturated heterocycles. The number of carbonyl (C=O) groups is 3. The number of benzene rings is 1. The summed E-state index contributed by atoms with van der Waals surface area (Å²) in [4.78, 5) is 39.4. The molecule has 0 aliphatic rings. The van der Waals surface area contributed by atoms with E-state index >= 15 is 0 Å². The van der Waals surface area contributed by atoms with Crippen LogP contribution in [0, 0.1) is 0 Å². The van der Waals surface area contributed by atoms with Gasteiger partial charge in [-0.3, -0.25) is 14.4 Å². The summed E-state index contributed by atoms with van der Waals surface area (Å²) in [5, 5.41) is 5.42. The maximum atomic E-state index is 12.9. The molecule has 0 fully saturated rings. The third-order valence-electron chi connectivity index (χ3n) is 4.37. The zero-order chi connectivity index (χ0) is 24.1. The van der Waals surface area contributed by atoms with Crippen molar-refractivity contribution in [3.63, 3.8) is 0 Å². The van der Waals surface area contributed by atoms with Crippen molar-refractivity contribution in [2.75, 3.05) is 6.54 Å². The molecule has 1 heterocycles. The van der Waals surface area contributed by atoms with Crippen LogP contribution in [0.5, 0.6) is 0 Å². The van der Waals surface area contributed by atoms with E-state index in [2.05, 4.69) is 47.3 Å². The monoisotopic (exact) mass is 522 g/mol. The minimum Gasteiger partial charge on any atom is -0.459 e. The van der Waals surface area contributed by atoms with Gasteiger partial charge in [0, 0.05) is 15.8 Å². The number of ether oxygens (including phenoxy) is 1. The third kappa shape index (κ3) is 8.39. The van der Waals surface area contributed by atoms with Gasteiger partial charge in [0.15, 0.2) is 0 Å². The van der Waals surface area contributed by atoms with Crippen molar-refractivity contribution in [1.29, 1.82) is 0 Å². The van der Waals surface area contributed by atoms with E-state index < -0.39 is 23.5 Å². The lowest BCUT2D eigenvalue weighted by Crippen LogP contribution is -2.49. The second-order valence-electron chi connectivity index (χ2n) is 9.57. The number of halogens is 1. The highest BCUT2D eigenvalue weighted by molar-refractivity contribution is 9.10. The average Bonchev–Trinajstić information content (AvgIpc) is 3.17. The maximum absolute atomic E-state index is 12.9. The first-order valence-corrected chi connectivity index (χ1v) is 12.0. The second-order valence-corrected chi connectivity index (χ2v) is 11.6. The fraction of sp³-hybridized carbons (Fsp3) is 0.458. The first-order chi connectivity index (χ1) is 14.7. The van der Waals surface area contributed by atoms with Crippen molar-refractivity contribution in [3.05, 3.63) is 56.2 Å². The lowest BCUT2D eigenvalue weighted by molar-refractivity contribution is -0.154. The molecule has 1 aromatic heterocycles. The number of carbonyl (C=O) groups excluding carboxylic acids is 3. The molecule has 174 valence electrons. The minimum atomic E-state index is -0.841. The molecular weight excluding hydrogens is 492 g/mol. The molecule has 1 atom stereocenters. The highest BCUT2D eigenvalue weighted by atomic mass is 79.9. The molecular formula is C24H31BrN2O4S. The van der Waals surface area contributed by atoms with Crippen LogP contribution in [0.15, 0.2) is 40.9 Å². The summed E-state index contributed by atoms with van der Waals surface area (Å²) in [6.45, 7) is 11.3. The van der Waals surface area contributed by atoms with Gasteiger partial charge in [0.1, 0.15) is 18.2 Å². The first-order valence-electron chi connectivity index (χ1n) is 10.4. The van der Waals surface area contributed by atoms with Gasteiger partial charge in [-0.2, -0.15) is 0 Å². The van der Waals surface area contributed by atoms with Crippen LogP contribution in [-0.4, -0.2) is 36.0 Å². The number of hydrogen-bond donors (Lipinski definition) is 2. The molecule has 1 aromatic carbocycles. The lowest BCUT2D eigenvalue weighted by Gasteiger charge is -2.21. The lowest BCUT2D eigenvalue weighted by atomic mass is 9.95. The van der Waals surface area contributed by atoms with Crippen LogP contribution in [0.3, 0.4) is 0 Å². The zero-order valence-corrected chi connectivity index (χ0v) is 21.8. The summed E-state index contributed by atoms with van der Waals surface area (Å²) in [5.41, 5.74) is 0.175. The number of esters is 1. The molecule has 0 aliphatic carbocycles. The Kier molecular flexibility index (Phi) is 8.65. The Labute approximate surface area is 202 Å². The molecule has 2 amide bonds. The van der Waals surface area contributed by atoms with Crippen molar-refractivity contribution in [3.8, 4) is 0 Å². The van der Waals surface area contributed by atoms with Crippen LogP contribution in [0.2, 0.25) is 0 Å². The molecule has 0 bridgehead atoms. The van der Waals surface area contributed by atoms with Crippen LogP contribution in [0.4, 0.5) is 0 Å². The Morgan fingerprint density at radius 1 is 1.00 bits per heavy atom. The van der Waals surface area contributed by atoms with Gasteiger partial charge in [-0.15, -0.1) is 11.3 Å². The summed E-state index contributed by atoms with van der Waals surface area (Å²) >= 11 is 4.81. The molecule has 0 aliphatic heterocycles. The van der Waals surface area contributed by atoms with Gasteiger partial charge in [0.25, 0.3) is 5.91 Å². The molecule has 2 N–H and O–H groups in total. The molecule has 2 rings (SSSR count). The SMILES string of the molecule is CC(C)(C)OC(=O)CNC(=O)[C@H](Cc1ccc(Br)cc1)NC(=O)c1ccc(C(C)(C)C)s1. The Morgan fingerprint density at radius 3 is 2.16 bits per heavy atom. The van der Waals surface area contributed by atoms with Gasteiger partial charge in [0.2, 0.25) is 5.91 Å². The molecule has 0 radical (unpaired) electrons. The normalized spacial score (nSPS) is 12.7. The highest BCUT2D eigenvalue weighted by Gasteiger charge is 2.25. The number of nitrogens with one attached hydrogen (secondary N) is 2. The summed E-state index contributed by atoms with van der Waals surface area (Å²) in [6.07, 6.45) is 0.288. The van der Waals surface area contributed by atoms with Crippen molar-refractivity contribution in [1.82, 2.24) is 10.6 Å². The quantitative estimate of drug-likeness (QED) is 0.520. The summed E-state index contributed by atoms with van der Waals surface area (Å²) in [6, 6.07) is 10.4. The van der Waals surface area contributed by atoms with Crippen molar-refractivity contribution in [2.45, 2.75) is 65.0 Å². The van der Waals surface area contributed by atoms with E-state index in [1.165, 1.54) is 11.3 Å². The van der Waals surface area contributed by atoms with E-state index in [0.717, 1.165) is 14.9 Å². The smallest absolute Gasteiger partial charge is 0.325 e. The van der Waals surface area contributed by atoms with E-state index in [1.807, 2.05) is 30.3 Å². The molecule has 0 unspecified atom stereocenters. The predicted octanol–water partition coefficient (Wildman–Crippen LogP) is 4.61. The molecule has 8 heteroatoms. The van der Waals surface area contributed by atoms with Gasteiger partial charge in [-0.05, 0) is 56.0 Å². The molecule has 6 nitrogen and oxygen atoms in total. The van der Waals surface area contributed by atoms with Gasteiger partial charge < -0.3 is 15.4 Å². The van der Waals surface area contributed by atoms with Crippen LogP contribution < -0.4 is 10.6 Å². The first kappa shape index (κ1) is 26.1. The van der Waals surface area contributed by atoms with Gasteiger partial charge >= 0.3 is 5.97 Å². The Hall–Kier alpha value is -2.19. The molecule has 0 saturated carbocycles. The number of hydrogen-bond acceptors (Lipinski definition) is 5. The van der Waals surface area contributed by atoms with Crippen LogP contribution >= 0.6 is 27.3 Å². The average molecular weight is 523 g/mol. The highest BCUT2D eigenvalue weighted by Crippen LogP contribution is 2.29. The van der Waals surface area contributed by atoms with E-state index in [0.29, 0.717) is 4.88 Å². The summed E-state index contributed by atoms with van der Waals surface area (Å²) < 4.78 is 6.16. The number of rotatable bonds is 7. The fourth-order valence-electron chi connectivity index (χ4n) is 2.82. The van der Waals surface area contributed by atoms with Gasteiger partial charge in [0.05, 0.1) is 4.88 Å². The van der Waals surface area contributed by atoms with E-state index in [4.69, 9.17) is 4.74 Å². The summed E-state index contributed by atoms with van der Waals surface area (Å²) in [7, 11) is 0. The van der Waals surface area contributed by atoms with Crippen molar-refractivity contribution >= 4 is 45.1 Å². The third-order valence-corrected chi connectivity index (χ3v) is 6.41. The van der Waals surface area contributed by atoms with Crippen molar-refractivity contribution < 1.29 is 19.1 Å². The number of thiophene rings is 1. The molecule has 2 aromatic rings. The van der Waals surface area contributed by atoms with Gasteiger partial charge in [-0.1, -0.05) is 48.8 Å². The fourth-order valence-corrected chi connectivity index (χ4v) is 4.05. The maximum Gasteiger partial charge on any atom is 0.325 e. The predicted molar refractivity (Wildman–Crippen MR) is 131 cm³/mol. The summed E-state index contributed by atoms with van der Waals surface area (Å²) in [5.74, 6) is -1.30. The zero-order valence-electron chi connectivity index (χ0n) is 19.4. The number of amides is 2. The van der Waals surface area contributed by atoms with Crippen LogP contribution in [0.1, 0.15) is 61.7 Å². The minimum absolute atomic E-state index is 0.0647. The van der Waals surface area contributed by atoms with Gasteiger partial charge in [-0.25, -0.2) is 0 Å². The van der Waals surface area contributed by atoms with Crippen molar-refractivity contribution in [2.24, 2.45) is 0 Å². The molecule has 0 spiro atoms.